The summed E-state index contributed by atoms with van der Waals surface area (Å²) in [5.41, 5.74) is -0.758. The van der Waals surface area contributed by atoms with Crippen LogP contribution in [0.5, 0.6) is 0 Å². The van der Waals surface area contributed by atoms with Crippen molar-refractivity contribution in [3.8, 4) is 0 Å². The highest BCUT2D eigenvalue weighted by molar-refractivity contribution is 5.92. The number of carboxylic acid groups (broad SMARTS) is 1. The van der Waals surface area contributed by atoms with E-state index >= 15 is 0 Å². The molecule has 0 aromatic rings. The number of aliphatic carboxylic acids is 1. The molecule has 104 valence electrons. The summed E-state index contributed by atoms with van der Waals surface area (Å²) >= 11 is 0. The first-order valence-electron chi connectivity index (χ1n) is 6.13. The van der Waals surface area contributed by atoms with E-state index in [4.69, 9.17) is 5.11 Å². The van der Waals surface area contributed by atoms with Crippen LogP contribution in [0.25, 0.3) is 0 Å². The highest BCUT2D eigenvalue weighted by Gasteiger charge is 2.46. The SMILES string of the molecule is CC1=CC(=O)CC(C)(C)[C@@]1([18OH])/C=C/C(C)=C\C(=O)O. The van der Waals surface area contributed by atoms with E-state index in [0.717, 1.165) is 6.08 Å². The maximum Gasteiger partial charge on any atom is 0.328 e. The number of carbonyl (C=O) groups is 2. The minimum absolute atomic E-state index is 0.00150. The summed E-state index contributed by atoms with van der Waals surface area (Å²) in [4.78, 5) is 22.1. The van der Waals surface area contributed by atoms with Crippen molar-refractivity contribution in [2.75, 3.05) is 0 Å². The van der Waals surface area contributed by atoms with Gasteiger partial charge in [0.15, 0.2) is 5.78 Å². The van der Waals surface area contributed by atoms with Crippen molar-refractivity contribution in [3.05, 3.63) is 35.5 Å². The smallest absolute Gasteiger partial charge is 0.328 e. The lowest BCUT2D eigenvalue weighted by Crippen LogP contribution is -2.48. The average molecular weight is 266 g/mol. The van der Waals surface area contributed by atoms with Gasteiger partial charge in [-0.2, -0.15) is 0 Å². The van der Waals surface area contributed by atoms with Crippen molar-refractivity contribution in [2.45, 2.75) is 39.7 Å². The van der Waals surface area contributed by atoms with Crippen LogP contribution >= 0.6 is 0 Å². The van der Waals surface area contributed by atoms with E-state index in [1.165, 1.54) is 6.08 Å². The third kappa shape index (κ3) is 3.20. The van der Waals surface area contributed by atoms with Crippen LogP contribution in [0.4, 0.5) is 0 Å². The topological polar surface area (TPSA) is 74.6 Å². The second kappa shape index (κ2) is 5.13. The number of carboxylic acids is 1. The van der Waals surface area contributed by atoms with Gasteiger partial charge in [-0.25, -0.2) is 4.79 Å². The lowest BCUT2D eigenvalue weighted by Gasteiger charge is -2.43. The Kier molecular flexibility index (Phi) is 4.15. The van der Waals surface area contributed by atoms with Crippen LogP contribution in [0.2, 0.25) is 0 Å². The second-order valence-electron chi connectivity index (χ2n) is 5.68. The summed E-state index contributed by atoms with van der Waals surface area (Å²) in [6, 6.07) is 0. The van der Waals surface area contributed by atoms with Gasteiger partial charge in [0.05, 0.1) is 0 Å². The zero-order valence-corrected chi connectivity index (χ0v) is 11.7. The molecule has 0 aliphatic heterocycles. The summed E-state index contributed by atoms with van der Waals surface area (Å²) < 4.78 is 0. The maximum absolute atomic E-state index is 11.6. The molecule has 0 spiro atoms. The Hall–Kier alpha value is -1.68. The Labute approximate surface area is 113 Å². The summed E-state index contributed by atoms with van der Waals surface area (Å²) in [5.74, 6) is -1.03. The Balaban J connectivity index is 3.15. The van der Waals surface area contributed by atoms with Gasteiger partial charge in [-0.3, -0.25) is 4.79 Å². The molecule has 1 rings (SSSR count). The van der Waals surface area contributed by atoms with Gasteiger partial charge in [-0.1, -0.05) is 19.9 Å². The largest absolute Gasteiger partial charge is 0.478 e. The number of aliphatic hydroxyl groups is 1. The molecule has 0 radical (unpaired) electrons. The first-order chi connectivity index (χ1) is 8.58. The monoisotopic (exact) mass is 266 g/mol. The van der Waals surface area contributed by atoms with Crippen LogP contribution in [-0.4, -0.2) is 27.6 Å². The number of ketones is 1. The van der Waals surface area contributed by atoms with Crippen molar-refractivity contribution >= 4 is 11.8 Å². The van der Waals surface area contributed by atoms with E-state index in [-0.39, 0.29) is 12.2 Å². The summed E-state index contributed by atoms with van der Waals surface area (Å²) in [5, 5.41) is 19.4. The van der Waals surface area contributed by atoms with Gasteiger partial charge in [-0.15, -0.1) is 0 Å². The molecule has 2 N–H and O–H groups in total. The molecule has 0 aromatic heterocycles. The molecule has 0 amide bonds. The van der Waals surface area contributed by atoms with Gasteiger partial charge < -0.3 is 10.2 Å². The van der Waals surface area contributed by atoms with Crippen LogP contribution < -0.4 is 0 Å². The summed E-state index contributed by atoms with van der Waals surface area (Å²) in [6.07, 6.45) is 5.92. The molecule has 0 saturated carbocycles. The molecule has 0 saturated heterocycles. The van der Waals surface area contributed by atoms with E-state index in [9.17, 15) is 14.7 Å². The van der Waals surface area contributed by atoms with Gasteiger partial charge in [-0.05, 0) is 37.1 Å². The molecule has 1 aliphatic carbocycles. The third-order valence-corrected chi connectivity index (χ3v) is 3.57. The second-order valence-corrected chi connectivity index (χ2v) is 5.68. The molecule has 19 heavy (non-hydrogen) atoms. The van der Waals surface area contributed by atoms with Crippen molar-refractivity contribution < 1.29 is 19.8 Å². The predicted molar refractivity (Wildman–Crippen MR) is 72.6 cm³/mol. The summed E-state index contributed by atoms with van der Waals surface area (Å²) in [6.45, 7) is 7.00. The van der Waals surface area contributed by atoms with Crippen LogP contribution in [-0.2, 0) is 9.59 Å². The Bertz CT molecular complexity index is 494. The lowest BCUT2D eigenvalue weighted by atomic mass is 9.65. The number of rotatable bonds is 3. The Morgan fingerprint density at radius 3 is 2.53 bits per heavy atom. The molecular weight excluding hydrogens is 246 g/mol. The van der Waals surface area contributed by atoms with E-state index in [1.54, 1.807) is 26.0 Å². The van der Waals surface area contributed by atoms with Gasteiger partial charge in [0.25, 0.3) is 0 Å². The molecule has 1 aliphatic rings. The predicted octanol–water partition coefficient (Wildman–Crippen LogP) is 2.25. The fraction of sp³-hybridized carbons (Fsp3) is 0.467. The van der Waals surface area contributed by atoms with Gasteiger partial charge in [0, 0.05) is 17.9 Å². The molecular formula is C15H20O4. The molecule has 0 bridgehead atoms. The molecule has 0 aromatic carbocycles. The van der Waals surface area contributed by atoms with Crippen LogP contribution in [0, 0.1) is 5.41 Å². The Morgan fingerprint density at radius 2 is 2.05 bits per heavy atom. The molecule has 0 fully saturated rings. The van der Waals surface area contributed by atoms with Crippen molar-refractivity contribution in [3.63, 3.8) is 0 Å². The molecule has 4 heteroatoms. The molecule has 0 heterocycles. The fourth-order valence-corrected chi connectivity index (χ4v) is 2.36. The van der Waals surface area contributed by atoms with Gasteiger partial charge in [0.1, 0.15) is 5.60 Å². The van der Waals surface area contributed by atoms with E-state index < -0.39 is 17.0 Å². The summed E-state index contributed by atoms with van der Waals surface area (Å²) in [7, 11) is 0. The van der Waals surface area contributed by atoms with Crippen LogP contribution in [0.3, 0.4) is 0 Å². The standard InChI is InChI=1S/C15H20O4/c1-10(7-13(17)18)5-6-15(19)11(2)8-12(16)9-14(15,3)4/h5-8,19H,9H2,1-4H3,(H,17,18)/b6-5+,10-7-/t15-/m1/s1/i19+2. The maximum atomic E-state index is 11.6. The quantitative estimate of drug-likeness (QED) is 0.467. The zero-order valence-electron chi connectivity index (χ0n) is 11.7. The lowest BCUT2D eigenvalue weighted by molar-refractivity contribution is -0.131. The third-order valence-electron chi connectivity index (χ3n) is 3.57. The van der Waals surface area contributed by atoms with E-state index in [2.05, 4.69) is 0 Å². The fourth-order valence-electron chi connectivity index (χ4n) is 2.36. The number of allylic oxidation sites excluding steroid dienone is 3. The average Bonchev–Trinajstić information content (AvgIpc) is 2.21. The molecule has 1 atom stereocenters. The molecule has 4 nitrogen and oxygen atoms in total. The highest BCUT2D eigenvalue weighted by Crippen LogP contribution is 2.44. The number of hydrogen-bond acceptors (Lipinski definition) is 3. The van der Waals surface area contributed by atoms with Crippen LogP contribution in [0.1, 0.15) is 34.1 Å². The van der Waals surface area contributed by atoms with E-state index in [1.807, 2.05) is 13.8 Å². The van der Waals surface area contributed by atoms with E-state index in [0.29, 0.717) is 11.1 Å². The normalized spacial score (nSPS) is 27.5. The molecule has 0 unspecified atom stereocenters. The van der Waals surface area contributed by atoms with Crippen molar-refractivity contribution in [2.24, 2.45) is 5.41 Å². The van der Waals surface area contributed by atoms with Crippen molar-refractivity contribution in [1.82, 2.24) is 0 Å². The first kappa shape index (κ1) is 15.4. The minimum Gasteiger partial charge on any atom is -0.478 e. The zero-order chi connectivity index (χ0) is 14.8. The first-order valence-corrected chi connectivity index (χ1v) is 6.13. The highest BCUT2D eigenvalue weighted by atomic mass is 18.2. The van der Waals surface area contributed by atoms with Gasteiger partial charge >= 0.3 is 5.97 Å². The Morgan fingerprint density at radius 1 is 1.47 bits per heavy atom. The number of hydrogen-bond donors (Lipinski definition) is 2. The number of carbonyl (C=O) groups excluding carboxylic acids is 1. The van der Waals surface area contributed by atoms with Crippen molar-refractivity contribution in [1.29, 1.82) is 0 Å². The van der Waals surface area contributed by atoms with Crippen LogP contribution in [0.15, 0.2) is 35.5 Å². The minimum atomic E-state index is -1.24. The van der Waals surface area contributed by atoms with Gasteiger partial charge in [0.2, 0.25) is 0 Å².